The second kappa shape index (κ2) is 42.9. The number of carbonyl (C=O) groups excluding carboxylic acids is 1. The van der Waals surface area contributed by atoms with Gasteiger partial charge in [-0.3, -0.25) is 4.79 Å². The molecule has 9 heteroatoms. The van der Waals surface area contributed by atoms with Crippen molar-refractivity contribution in [2.45, 2.75) is 301 Å². The average molecular weight is 868 g/mol. The van der Waals surface area contributed by atoms with Crippen LogP contribution in [-0.4, -0.2) is 87.5 Å². The average Bonchev–Trinajstić information content (AvgIpc) is 3.26. The lowest BCUT2D eigenvalue weighted by Gasteiger charge is -2.40. The molecule has 0 aliphatic carbocycles. The van der Waals surface area contributed by atoms with E-state index in [1.807, 2.05) is 6.08 Å². The van der Waals surface area contributed by atoms with E-state index in [4.69, 9.17) is 9.47 Å². The van der Waals surface area contributed by atoms with Gasteiger partial charge in [-0.15, -0.1) is 0 Å². The summed E-state index contributed by atoms with van der Waals surface area (Å²) in [6.07, 6.45) is 44.3. The molecule has 0 aromatic rings. The van der Waals surface area contributed by atoms with Crippen LogP contribution in [0.1, 0.15) is 258 Å². The molecule has 1 amide bonds. The van der Waals surface area contributed by atoms with Gasteiger partial charge in [-0.2, -0.15) is 0 Å². The second-order valence-corrected chi connectivity index (χ2v) is 18.7. The van der Waals surface area contributed by atoms with Crippen LogP contribution in [0, 0.1) is 0 Å². The molecular weight excluding hydrogens is 767 g/mol. The molecule has 1 heterocycles. The lowest BCUT2D eigenvalue weighted by Crippen LogP contribution is -2.60. The van der Waals surface area contributed by atoms with Crippen LogP contribution in [0.15, 0.2) is 12.2 Å². The van der Waals surface area contributed by atoms with Crippen molar-refractivity contribution in [2.24, 2.45) is 0 Å². The van der Waals surface area contributed by atoms with Crippen LogP contribution in [0.2, 0.25) is 0 Å². The highest BCUT2D eigenvalue weighted by molar-refractivity contribution is 5.76. The third kappa shape index (κ3) is 33.1. The molecular formula is C52H101NO8. The number of aliphatic hydroxyl groups is 5. The van der Waals surface area contributed by atoms with Gasteiger partial charge < -0.3 is 40.3 Å². The standard InChI is InChI=1S/C52H101NO8/c1-3-5-7-9-11-13-15-16-17-18-19-20-21-22-23-24-25-26-27-28-29-30-31-32-33-35-37-39-41-46(55)45(44-60-52-51(59)50(58)49(57)47(43-54)61-52)53-48(56)42-40-38-36-34-14-12-10-8-6-4-2/h39,41,45-47,49-52,54-55,57-59H,3-38,40,42-44H2,1-2H3,(H,53,56)/b41-39+. The van der Waals surface area contributed by atoms with Crippen molar-refractivity contribution in [1.82, 2.24) is 5.32 Å². The Kier molecular flexibility index (Phi) is 40.7. The van der Waals surface area contributed by atoms with Gasteiger partial charge in [-0.1, -0.05) is 244 Å². The highest BCUT2D eigenvalue weighted by atomic mass is 16.7. The van der Waals surface area contributed by atoms with Gasteiger partial charge in [0.05, 0.1) is 25.4 Å². The number of ether oxygens (including phenoxy) is 2. The molecule has 0 bridgehead atoms. The summed E-state index contributed by atoms with van der Waals surface area (Å²) in [6.45, 7) is 3.78. The van der Waals surface area contributed by atoms with Crippen molar-refractivity contribution in [1.29, 1.82) is 0 Å². The van der Waals surface area contributed by atoms with Crippen molar-refractivity contribution in [3.63, 3.8) is 0 Å². The number of carbonyl (C=O) groups is 1. The molecule has 362 valence electrons. The van der Waals surface area contributed by atoms with Gasteiger partial charge in [0.2, 0.25) is 5.91 Å². The van der Waals surface area contributed by atoms with Crippen LogP contribution in [-0.2, 0) is 14.3 Å². The fourth-order valence-electron chi connectivity index (χ4n) is 8.63. The Hall–Kier alpha value is -1.07. The summed E-state index contributed by atoms with van der Waals surface area (Å²) >= 11 is 0. The molecule has 1 fully saturated rings. The molecule has 0 radical (unpaired) electrons. The predicted octanol–water partition coefficient (Wildman–Crippen LogP) is 12.1. The third-order valence-corrected chi connectivity index (χ3v) is 12.9. The number of nitrogens with one attached hydrogen (secondary N) is 1. The van der Waals surface area contributed by atoms with Gasteiger partial charge in [-0.25, -0.2) is 0 Å². The summed E-state index contributed by atoms with van der Waals surface area (Å²) in [5.41, 5.74) is 0. The minimum Gasteiger partial charge on any atom is -0.394 e. The first-order chi connectivity index (χ1) is 29.8. The quantitative estimate of drug-likeness (QED) is 0.0262. The minimum absolute atomic E-state index is 0.176. The first-order valence-corrected chi connectivity index (χ1v) is 26.4. The number of aliphatic hydroxyl groups excluding tert-OH is 5. The number of hydrogen-bond acceptors (Lipinski definition) is 8. The molecule has 0 aromatic carbocycles. The number of rotatable bonds is 45. The molecule has 6 N–H and O–H groups in total. The van der Waals surface area contributed by atoms with Gasteiger partial charge >= 0.3 is 0 Å². The molecule has 1 saturated heterocycles. The Balaban J connectivity index is 2.17. The van der Waals surface area contributed by atoms with E-state index in [0.717, 1.165) is 38.5 Å². The second-order valence-electron chi connectivity index (χ2n) is 18.7. The highest BCUT2D eigenvalue weighted by Gasteiger charge is 2.44. The monoisotopic (exact) mass is 868 g/mol. The summed E-state index contributed by atoms with van der Waals surface area (Å²) in [4.78, 5) is 12.9. The number of unbranched alkanes of at least 4 members (excludes halogenated alkanes) is 35. The smallest absolute Gasteiger partial charge is 0.220 e. The van der Waals surface area contributed by atoms with Crippen molar-refractivity contribution in [3.8, 4) is 0 Å². The van der Waals surface area contributed by atoms with Gasteiger partial charge in [0.25, 0.3) is 0 Å². The zero-order chi connectivity index (χ0) is 44.4. The molecule has 61 heavy (non-hydrogen) atoms. The molecule has 9 nitrogen and oxygen atoms in total. The van der Waals surface area contributed by atoms with E-state index in [1.165, 1.54) is 199 Å². The first-order valence-electron chi connectivity index (χ1n) is 26.4. The zero-order valence-electron chi connectivity index (χ0n) is 39.9. The third-order valence-electron chi connectivity index (χ3n) is 12.9. The Morgan fingerprint density at radius 1 is 0.541 bits per heavy atom. The number of allylic oxidation sites excluding steroid dienone is 1. The zero-order valence-corrected chi connectivity index (χ0v) is 39.9. The normalized spacial score (nSPS) is 20.4. The van der Waals surface area contributed by atoms with Crippen LogP contribution >= 0.6 is 0 Å². The molecule has 1 rings (SSSR count). The molecule has 7 unspecified atom stereocenters. The maximum Gasteiger partial charge on any atom is 0.220 e. The minimum atomic E-state index is -1.56. The topological polar surface area (TPSA) is 149 Å². The van der Waals surface area contributed by atoms with Crippen LogP contribution in [0.25, 0.3) is 0 Å². The lowest BCUT2D eigenvalue weighted by atomic mass is 9.99. The Labute approximate surface area is 376 Å². The van der Waals surface area contributed by atoms with Crippen molar-refractivity contribution in [3.05, 3.63) is 12.2 Å². The fraction of sp³-hybridized carbons (Fsp3) is 0.942. The van der Waals surface area contributed by atoms with Crippen LogP contribution < -0.4 is 5.32 Å². The Morgan fingerprint density at radius 3 is 1.28 bits per heavy atom. The molecule has 7 atom stereocenters. The summed E-state index contributed by atoms with van der Waals surface area (Å²) in [5, 5.41) is 54.2. The van der Waals surface area contributed by atoms with Crippen LogP contribution in [0.3, 0.4) is 0 Å². The Morgan fingerprint density at radius 2 is 0.902 bits per heavy atom. The van der Waals surface area contributed by atoms with Gasteiger partial charge in [0, 0.05) is 6.42 Å². The summed E-state index contributed by atoms with van der Waals surface area (Å²) in [6, 6.07) is -0.798. The van der Waals surface area contributed by atoms with Gasteiger partial charge in [0.1, 0.15) is 24.4 Å². The highest BCUT2D eigenvalue weighted by Crippen LogP contribution is 2.23. The lowest BCUT2D eigenvalue weighted by molar-refractivity contribution is -0.302. The van der Waals surface area contributed by atoms with E-state index in [0.29, 0.717) is 6.42 Å². The van der Waals surface area contributed by atoms with Crippen molar-refractivity contribution >= 4 is 5.91 Å². The molecule has 1 aliphatic rings. The Bertz CT molecular complexity index is 966. The SMILES string of the molecule is CCCCCCCCCCCCCCCCCCCCCCCCCCCC/C=C/C(O)C(COC1OC(CO)C(O)C(O)C1O)NC(=O)CCCCCCCCCCCC. The van der Waals surface area contributed by atoms with Crippen LogP contribution in [0.5, 0.6) is 0 Å². The predicted molar refractivity (Wildman–Crippen MR) is 254 cm³/mol. The fourth-order valence-corrected chi connectivity index (χ4v) is 8.63. The van der Waals surface area contributed by atoms with Crippen molar-refractivity contribution < 1.29 is 39.8 Å². The number of hydrogen-bond donors (Lipinski definition) is 6. The number of amides is 1. The largest absolute Gasteiger partial charge is 0.394 e. The first kappa shape index (κ1) is 57.9. The van der Waals surface area contributed by atoms with E-state index in [9.17, 15) is 30.3 Å². The maximum atomic E-state index is 12.9. The van der Waals surface area contributed by atoms with E-state index < -0.39 is 49.5 Å². The molecule has 0 aromatic heterocycles. The van der Waals surface area contributed by atoms with Crippen molar-refractivity contribution in [2.75, 3.05) is 13.2 Å². The summed E-state index contributed by atoms with van der Waals surface area (Å²) in [5.74, 6) is -0.176. The maximum absolute atomic E-state index is 12.9. The summed E-state index contributed by atoms with van der Waals surface area (Å²) < 4.78 is 11.2. The van der Waals surface area contributed by atoms with E-state index >= 15 is 0 Å². The van der Waals surface area contributed by atoms with Gasteiger partial charge in [0.15, 0.2) is 6.29 Å². The van der Waals surface area contributed by atoms with Crippen LogP contribution in [0.4, 0.5) is 0 Å². The van der Waals surface area contributed by atoms with Gasteiger partial charge in [-0.05, 0) is 19.3 Å². The van der Waals surface area contributed by atoms with E-state index in [1.54, 1.807) is 6.08 Å². The molecule has 1 aliphatic heterocycles. The molecule has 0 saturated carbocycles. The molecule has 0 spiro atoms. The van der Waals surface area contributed by atoms with E-state index in [-0.39, 0.29) is 12.5 Å². The van der Waals surface area contributed by atoms with E-state index in [2.05, 4.69) is 19.2 Å². The summed E-state index contributed by atoms with van der Waals surface area (Å²) in [7, 11) is 0.